The van der Waals surface area contributed by atoms with Crippen molar-refractivity contribution in [3.8, 4) is 0 Å². The highest BCUT2D eigenvalue weighted by molar-refractivity contribution is 5.50. The smallest absolute Gasteiger partial charge is 0.122 e. The molecule has 0 aromatic heterocycles. The fraction of sp³-hybridized carbons (Fsp3) is 0.833. The van der Waals surface area contributed by atoms with Crippen LogP contribution in [0.5, 0.6) is 0 Å². The summed E-state index contributed by atoms with van der Waals surface area (Å²) in [4.78, 5) is 19.6. The third-order valence-electron chi connectivity index (χ3n) is 2.63. The Labute approximate surface area is 126 Å². The summed E-state index contributed by atoms with van der Waals surface area (Å²) in [6, 6.07) is 0. The van der Waals surface area contributed by atoms with Crippen molar-refractivity contribution in [3.63, 3.8) is 0 Å². The van der Waals surface area contributed by atoms with E-state index >= 15 is 0 Å². The number of carbonyl (C=O) groups is 2. The van der Waals surface area contributed by atoms with Crippen molar-refractivity contribution in [3.05, 3.63) is 0 Å². The summed E-state index contributed by atoms with van der Waals surface area (Å²) in [6.45, 7) is -1.28. The van der Waals surface area contributed by atoms with E-state index in [-0.39, 0.29) is 12.8 Å². The van der Waals surface area contributed by atoms with Crippen LogP contribution in [0.15, 0.2) is 0 Å². The molecule has 0 aliphatic carbocycles. The zero-order valence-corrected chi connectivity index (χ0v) is 11.8. The summed E-state index contributed by atoms with van der Waals surface area (Å²) in [6.07, 6.45) is -8.00. The van der Waals surface area contributed by atoms with E-state index in [1.807, 2.05) is 0 Å². The molecular weight excluding hydrogens is 304 g/mol. The Balaban J connectivity index is 0. The molecule has 0 aliphatic rings. The van der Waals surface area contributed by atoms with Crippen LogP contribution in [0.4, 0.5) is 0 Å². The van der Waals surface area contributed by atoms with Crippen LogP contribution in [0.2, 0.25) is 0 Å². The van der Waals surface area contributed by atoms with Crippen LogP contribution in [-0.2, 0) is 9.59 Å². The Bertz CT molecular complexity index is 259. The van der Waals surface area contributed by atoms with Gasteiger partial charge < -0.3 is 50.4 Å². The molecule has 0 aromatic rings. The van der Waals surface area contributed by atoms with Gasteiger partial charge in [0.25, 0.3) is 0 Å². The van der Waals surface area contributed by atoms with Crippen molar-refractivity contribution in [2.45, 2.75) is 49.5 Å². The van der Waals surface area contributed by atoms with Crippen LogP contribution in [0.1, 0.15) is 12.8 Å². The number of hydrogen-bond acceptors (Lipinski definition) is 10. The van der Waals surface area contributed by atoms with Crippen LogP contribution in [0.3, 0.4) is 0 Å². The summed E-state index contributed by atoms with van der Waals surface area (Å²) < 4.78 is 0. The molecule has 0 aliphatic heterocycles. The lowest BCUT2D eigenvalue weighted by Gasteiger charge is -2.19. The quantitative estimate of drug-likeness (QED) is 0.180. The van der Waals surface area contributed by atoms with E-state index in [0.717, 1.165) is 0 Å². The van der Waals surface area contributed by atoms with Gasteiger partial charge in [-0.05, 0) is 0 Å². The molecule has 132 valence electrons. The second kappa shape index (κ2) is 13.7. The Kier molecular flexibility index (Phi) is 14.5. The molecule has 0 rings (SSSR count). The van der Waals surface area contributed by atoms with E-state index in [9.17, 15) is 9.59 Å². The first-order valence-corrected chi connectivity index (χ1v) is 6.44. The van der Waals surface area contributed by atoms with E-state index < -0.39 is 49.8 Å². The predicted octanol–water partition coefficient (Wildman–Crippen LogP) is -4.70. The van der Waals surface area contributed by atoms with Gasteiger partial charge in [0.05, 0.1) is 25.4 Å². The maximum atomic E-state index is 9.82. The molecule has 10 heteroatoms. The van der Waals surface area contributed by atoms with Gasteiger partial charge in [0.2, 0.25) is 0 Å². The summed E-state index contributed by atoms with van der Waals surface area (Å²) in [7, 11) is 0. The number of aliphatic hydroxyl groups is 8. The zero-order chi connectivity index (χ0) is 17.7. The van der Waals surface area contributed by atoms with E-state index in [1.54, 1.807) is 0 Å². The molecule has 6 atom stereocenters. The molecule has 0 bridgehead atoms. The molecule has 0 amide bonds. The highest BCUT2D eigenvalue weighted by atomic mass is 16.4. The van der Waals surface area contributed by atoms with Crippen LogP contribution in [-0.4, -0.2) is 103 Å². The lowest BCUT2D eigenvalue weighted by atomic mass is 10.1. The maximum absolute atomic E-state index is 9.82. The largest absolute Gasteiger partial charge is 0.394 e. The first kappa shape index (κ1) is 23.3. The second-order valence-electron chi connectivity index (χ2n) is 4.42. The molecular formula is C12H24O10. The molecule has 0 aromatic carbocycles. The molecule has 0 radical (unpaired) electrons. The van der Waals surface area contributed by atoms with Crippen molar-refractivity contribution >= 4 is 12.6 Å². The van der Waals surface area contributed by atoms with Gasteiger partial charge in [-0.1, -0.05) is 0 Å². The van der Waals surface area contributed by atoms with Gasteiger partial charge in [-0.25, -0.2) is 0 Å². The maximum Gasteiger partial charge on any atom is 0.122 e. The van der Waals surface area contributed by atoms with Crippen LogP contribution in [0.25, 0.3) is 0 Å². The monoisotopic (exact) mass is 328 g/mol. The lowest BCUT2D eigenvalue weighted by Crippen LogP contribution is -2.39. The minimum absolute atomic E-state index is 0.252. The van der Waals surface area contributed by atoms with Crippen molar-refractivity contribution in [1.82, 2.24) is 0 Å². The van der Waals surface area contributed by atoms with Crippen molar-refractivity contribution in [2.24, 2.45) is 0 Å². The summed E-state index contributed by atoms with van der Waals surface area (Å²) in [5, 5.41) is 69.7. The first-order chi connectivity index (χ1) is 10.3. The average molecular weight is 328 g/mol. The van der Waals surface area contributed by atoms with Gasteiger partial charge in [-0.3, -0.25) is 0 Å². The highest BCUT2D eigenvalue weighted by Gasteiger charge is 2.23. The van der Waals surface area contributed by atoms with E-state index in [4.69, 9.17) is 40.9 Å². The number of carbonyl (C=O) groups excluding carboxylic acids is 2. The molecule has 22 heavy (non-hydrogen) atoms. The topological polar surface area (TPSA) is 196 Å². The molecule has 0 saturated heterocycles. The van der Waals surface area contributed by atoms with Gasteiger partial charge in [0.15, 0.2) is 0 Å². The minimum Gasteiger partial charge on any atom is -0.394 e. The molecule has 0 heterocycles. The van der Waals surface area contributed by atoms with Crippen molar-refractivity contribution in [1.29, 1.82) is 0 Å². The Morgan fingerprint density at radius 2 is 0.864 bits per heavy atom. The van der Waals surface area contributed by atoms with Crippen LogP contribution in [0, 0.1) is 0 Å². The predicted molar refractivity (Wildman–Crippen MR) is 71.6 cm³/mol. The minimum atomic E-state index is -1.47. The third-order valence-corrected chi connectivity index (χ3v) is 2.63. The first-order valence-electron chi connectivity index (χ1n) is 6.44. The van der Waals surface area contributed by atoms with Gasteiger partial charge in [0, 0.05) is 12.8 Å². The number of rotatable bonds is 10. The standard InChI is InChI=1S/2C6H12O5/c2*7-2-1-4(9)6(11)5(10)3-8/h2*2,4-6,8-11H,1,3H2/t2*4-,5-,6+/m11/s1. The molecule has 0 saturated carbocycles. The molecule has 0 spiro atoms. The Morgan fingerprint density at radius 1 is 0.591 bits per heavy atom. The van der Waals surface area contributed by atoms with Gasteiger partial charge >= 0.3 is 0 Å². The Morgan fingerprint density at radius 3 is 1.05 bits per heavy atom. The SMILES string of the molecule is O=CC[C@@H](O)[C@H](O)[C@H](O)CO.O=CC[C@@H](O)[C@H](O)[C@H](O)CO. The molecule has 10 nitrogen and oxygen atoms in total. The average Bonchev–Trinajstić information content (AvgIpc) is 2.52. The van der Waals surface area contributed by atoms with Crippen molar-refractivity contribution < 1.29 is 50.4 Å². The van der Waals surface area contributed by atoms with E-state index in [0.29, 0.717) is 12.6 Å². The van der Waals surface area contributed by atoms with Crippen LogP contribution >= 0.6 is 0 Å². The van der Waals surface area contributed by atoms with Gasteiger partial charge in [-0.15, -0.1) is 0 Å². The summed E-state index contributed by atoms with van der Waals surface area (Å²) in [5.74, 6) is 0. The fourth-order valence-electron chi connectivity index (χ4n) is 1.20. The highest BCUT2D eigenvalue weighted by Crippen LogP contribution is 2.02. The van der Waals surface area contributed by atoms with Gasteiger partial charge in [0.1, 0.15) is 37.0 Å². The summed E-state index contributed by atoms with van der Waals surface area (Å²) in [5.41, 5.74) is 0. The Hall–Kier alpha value is -0.980. The number of aldehydes is 2. The number of aliphatic hydroxyl groups excluding tert-OH is 8. The fourth-order valence-corrected chi connectivity index (χ4v) is 1.20. The van der Waals surface area contributed by atoms with Gasteiger partial charge in [-0.2, -0.15) is 0 Å². The van der Waals surface area contributed by atoms with E-state index in [2.05, 4.69) is 0 Å². The third kappa shape index (κ3) is 9.87. The molecule has 0 unspecified atom stereocenters. The normalized spacial score (nSPS) is 18.9. The van der Waals surface area contributed by atoms with E-state index in [1.165, 1.54) is 0 Å². The molecule has 0 fully saturated rings. The van der Waals surface area contributed by atoms with Crippen molar-refractivity contribution in [2.75, 3.05) is 13.2 Å². The lowest BCUT2D eigenvalue weighted by molar-refractivity contribution is -0.116. The molecule has 8 N–H and O–H groups in total. The number of hydrogen-bond donors (Lipinski definition) is 8. The summed E-state index contributed by atoms with van der Waals surface area (Å²) >= 11 is 0. The van der Waals surface area contributed by atoms with Crippen LogP contribution < -0.4 is 0 Å². The second-order valence-corrected chi connectivity index (χ2v) is 4.42. The zero-order valence-electron chi connectivity index (χ0n) is 11.8.